The number of thioether (sulfide) groups is 1. The lowest BCUT2D eigenvalue weighted by molar-refractivity contribution is -0.131. The van der Waals surface area contributed by atoms with Crippen LogP contribution in [0.5, 0.6) is 0 Å². The monoisotopic (exact) mass is 323 g/mol. The molecule has 0 bridgehead atoms. The molecule has 112 valence electrons. The molecule has 3 rings (SSSR count). The first-order valence-electron chi connectivity index (χ1n) is 6.92. The lowest BCUT2D eigenvalue weighted by Gasteiger charge is -2.30. The number of aromatic nitrogens is 2. The van der Waals surface area contributed by atoms with Crippen molar-refractivity contribution in [3.8, 4) is 0 Å². The molecule has 2 aromatic heterocycles. The van der Waals surface area contributed by atoms with Crippen molar-refractivity contribution in [3.05, 3.63) is 17.3 Å². The van der Waals surface area contributed by atoms with Crippen LogP contribution in [0.2, 0.25) is 0 Å². The number of hydrogen-bond donors (Lipinski definition) is 1. The normalized spacial score (nSPS) is 19.1. The molecule has 1 amide bonds. The minimum Gasteiger partial charge on any atom is -0.391 e. The van der Waals surface area contributed by atoms with E-state index in [1.165, 1.54) is 11.8 Å². The zero-order valence-corrected chi connectivity index (χ0v) is 13.4. The number of hydrogen-bond acceptors (Lipinski definition) is 6. The third-order valence-corrected chi connectivity index (χ3v) is 5.78. The van der Waals surface area contributed by atoms with Gasteiger partial charge in [0, 0.05) is 13.1 Å². The fourth-order valence-corrected chi connectivity index (χ4v) is 4.45. The van der Waals surface area contributed by atoms with Crippen LogP contribution < -0.4 is 0 Å². The van der Waals surface area contributed by atoms with Crippen LogP contribution in [0.1, 0.15) is 18.4 Å². The summed E-state index contributed by atoms with van der Waals surface area (Å²) in [5.41, 5.74) is 2.11. The zero-order valence-electron chi connectivity index (χ0n) is 11.8. The van der Waals surface area contributed by atoms with Crippen LogP contribution >= 0.6 is 23.1 Å². The SMILES string of the molecule is Cc1csc2c(SCC(=O)N3CCCC(O)C3)ncnc12. The molecule has 0 radical (unpaired) electrons. The van der Waals surface area contributed by atoms with Crippen LogP contribution in [-0.4, -0.2) is 50.8 Å². The maximum absolute atomic E-state index is 12.2. The standard InChI is InChI=1S/C14H17N3O2S2/c1-9-6-20-13-12(9)15-8-16-14(13)21-7-11(19)17-4-2-3-10(18)5-17/h6,8,10,18H,2-5,7H2,1H3. The summed E-state index contributed by atoms with van der Waals surface area (Å²) in [6.07, 6.45) is 2.84. The smallest absolute Gasteiger partial charge is 0.233 e. The summed E-state index contributed by atoms with van der Waals surface area (Å²) in [6.45, 7) is 3.23. The van der Waals surface area contributed by atoms with E-state index >= 15 is 0 Å². The molecule has 1 fully saturated rings. The van der Waals surface area contributed by atoms with Gasteiger partial charge in [-0.2, -0.15) is 0 Å². The molecule has 1 aliphatic heterocycles. The summed E-state index contributed by atoms with van der Waals surface area (Å²) in [7, 11) is 0. The van der Waals surface area contributed by atoms with E-state index in [1.54, 1.807) is 22.6 Å². The van der Waals surface area contributed by atoms with E-state index in [0.29, 0.717) is 12.3 Å². The molecule has 2 aromatic rings. The summed E-state index contributed by atoms with van der Waals surface area (Å²) in [4.78, 5) is 22.5. The highest BCUT2D eigenvalue weighted by atomic mass is 32.2. The Labute approximate surface area is 131 Å². The summed E-state index contributed by atoms with van der Waals surface area (Å²) in [5, 5.41) is 12.6. The molecule has 0 saturated carbocycles. The van der Waals surface area contributed by atoms with Crippen molar-refractivity contribution in [2.24, 2.45) is 0 Å². The van der Waals surface area contributed by atoms with Crippen LogP contribution in [0.15, 0.2) is 16.7 Å². The van der Waals surface area contributed by atoms with Gasteiger partial charge in [-0.05, 0) is 30.7 Å². The van der Waals surface area contributed by atoms with E-state index in [1.807, 2.05) is 6.92 Å². The Morgan fingerprint density at radius 2 is 2.43 bits per heavy atom. The highest BCUT2D eigenvalue weighted by Crippen LogP contribution is 2.31. The van der Waals surface area contributed by atoms with Gasteiger partial charge in [0.05, 0.1) is 22.1 Å². The van der Waals surface area contributed by atoms with E-state index in [2.05, 4.69) is 15.3 Å². The molecule has 0 aliphatic carbocycles. The van der Waals surface area contributed by atoms with Gasteiger partial charge in [-0.3, -0.25) is 4.79 Å². The molecule has 1 N–H and O–H groups in total. The number of aliphatic hydroxyl groups is 1. The summed E-state index contributed by atoms with van der Waals surface area (Å²) < 4.78 is 1.05. The number of aliphatic hydroxyl groups excluding tert-OH is 1. The maximum Gasteiger partial charge on any atom is 0.233 e. The predicted octanol–water partition coefficient (Wildman–Crippen LogP) is 2.08. The minimum atomic E-state index is -0.376. The number of amides is 1. The van der Waals surface area contributed by atoms with Crippen LogP contribution in [0, 0.1) is 6.92 Å². The van der Waals surface area contributed by atoms with Crippen molar-refractivity contribution in [3.63, 3.8) is 0 Å². The van der Waals surface area contributed by atoms with Crippen molar-refractivity contribution < 1.29 is 9.90 Å². The van der Waals surface area contributed by atoms with E-state index in [9.17, 15) is 9.90 Å². The Kier molecular flexibility index (Phi) is 4.42. The molecule has 0 aromatic carbocycles. The number of carbonyl (C=O) groups excluding carboxylic acids is 1. The lowest BCUT2D eigenvalue weighted by Crippen LogP contribution is -2.42. The number of piperidine rings is 1. The Morgan fingerprint density at radius 3 is 3.24 bits per heavy atom. The van der Waals surface area contributed by atoms with Crippen LogP contribution in [0.4, 0.5) is 0 Å². The van der Waals surface area contributed by atoms with Gasteiger partial charge in [-0.1, -0.05) is 11.8 Å². The van der Waals surface area contributed by atoms with Gasteiger partial charge < -0.3 is 10.0 Å². The van der Waals surface area contributed by atoms with Crippen molar-refractivity contribution in [1.29, 1.82) is 0 Å². The van der Waals surface area contributed by atoms with E-state index in [4.69, 9.17) is 0 Å². The second-order valence-electron chi connectivity index (χ2n) is 5.20. The number of carbonyl (C=O) groups is 1. The van der Waals surface area contributed by atoms with E-state index in [-0.39, 0.29) is 12.0 Å². The summed E-state index contributed by atoms with van der Waals surface area (Å²) in [6, 6.07) is 0. The number of thiophene rings is 1. The van der Waals surface area contributed by atoms with Crippen LogP contribution in [0.25, 0.3) is 10.2 Å². The number of likely N-dealkylation sites (tertiary alicyclic amines) is 1. The first kappa shape index (κ1) is 14.7. The van der Waals surface area contributed by atoms with Gasteiger partial charge in [-0.15, -0.1) is 11.3 Å². The zero-order chi connectivity index (χ0) is 14.8. The van der Waals surface area contributed by atoms with Crippen molar-refractivity contribution in [2.45, 2.75) is 30.9 Å². The molecule has 1 unspecified atom stereocenters. The fourth-order valence-electron chi connectivity index (χ4n) is 2.45. The fraction of sp³-hybridized carbons (Fsp3) is 0.500. The largest absolute Gasteiger partial charge is 0.391 e. The van der Waals surface area contributed by atoms with Gasteiger partial charge in [0.15, 0.2) is 0 Å². The van der Waals surface area contributed by atoms with Crippen molar-refractivity contribution in [1.82, 2.24) is 14.9 Å². The van der Waals surface area contributed by atoms with Crippen LogP contribution in [-0.2, 0) is 4.79 Å². The second kappa shape index (κ2) is 6.29. The van der Waals surface area contributed by atoms with Gasteiger partial charge in [0.25, 0.3) is 0 Å². The second-order valence-corrected chi connectivity index (χ2v) is 7.04. The molecule has 1 aliphatic rings. The minimum absolute atomic E-state index is 0.0683. The Hall–Kier alpha value is -1.18. The van der Waals surface area contributed by atoms with E-state index < -0.39 is 0 Å². The third kappa shape index (κ3) is 3.20. The molecule has 7 heteroatoms. The quantitative estimate of drug-likeness (QED) is 0.692. The highest BCUT2D eigenvalue weighted by molar-refractivity contribution is 8.00. The topological polar surface area (TPSA) is 66.3 Å². The molecule has 5 nitrogen and oxygen atoms in total. The molecule has 1 saturated heterocycles. The first-order valence-corrected chi connectivity index (χ1v) is 8.79. The number of nitrogens with zero attached hydrogens (tertiary/aromatic N) is 3. The highest BCUT2D eigenvalue weighted by Gasteiger charge is 2.22. The maximum atomic E-state index is 12.2. The summed E-state index contributed by atoms with van der Waals surface area (Å²) >= 11 is 3.07. The summed E-state index contributed by atoms with van der Waals surface area (Å²) in [5.74, 6) is 0.425. The molecule has 0 spiro atoms. The Bertz CT molecular complexity index is 659. The lowest BCUT2D eigenvalue weighted by atomic mass is 10.1. The van der Waals surface area contributed by atoms with Gasteiger partial charge in [-0.25, -0.2) is 9.97 Å². The van der Waals surface area contributed by atoms with E-state index in [0.717, 1.165) is 40.2 Å². The predicted molar refractivity (Wildman–Crippen MR) is 84.7 cm³/mol. The van der Waals surface area contributed by atoms with Crippen molar-refractivity contribution in [2.75, 3.05) is 18.8 Å². The molecule has 3 heterocycles. The Balaban J connectivity index is 1.67. The number of rotatable bonds is 3. The van der Waals surface area contributed by atoms with Gasteiger partial charge in [0.2, 0.25) is 5.91 Å². The average Bonchev–Trinajstić information content (AvgIpc) is 2.87. The Morgan fingerprint density at radius 1 is 1.57 bits per heavy atom. The number of β-amino-alcohol motifs (C(OH)–C–C–N with tert-alkyl or cyclic N) is 1. The van der Waals surface area contributed by atoms with Gasteiger partial charge >= 0.3 is 0 Å². The molecular formula is C14H17N3O2S2. The average molecular weight is 323 g/mol. The van der Waals surface area contributed by atoms with Crippen molar-refractivity contribution >= 4 is 39.2 Å². The van der Waals surface area contributed by atoms with Gasteiger partial charge in [0.1, 0.15) is 11.4 Å². The number of fused-ring (bicyclic) bond motifs is 1. The molecular weight excluding hydrogens is 306 g/mol. The first-order chi connectivity index (χ1) is 10.1. The third-order valence-electron chi connectivity index (χ3n) is 3.58. The number of aryl methyl sites for hydroxylation is 1. The molecule has 21 heavy (non-hydrogen) atoms. The molecule has 1 atom stereocenters. The van der Waals surface area contributed by atoms with Crippen LogP contribution in [0.3, 0.4) is 0 Å².